The van der Waals surface area contributed by atoms with E-state index in [1.165, 1.54) is 7.11 Å². The zero-order valence-corrected chi connectivity index (χ0v) is 19.9. The van der Waals surface area contributed by atoms with Crippen LogP contribution in [-0.4, -0.2) is 57.1 Å². The fourth-order valence-corrected chi connectivity index (χ4v) is 3.96. The van der Waals surface area contributed by atoms with Crippen LogP contribution in [0.2, 0.25) is 0 Å². The number of hydrogen-bond acceptors (Lipinski definition) is 5. The van der Waals surface area contributed by atoms with Crippen LogP contribution in [0.1, 0.15) is 15.9 Å². The van der Waals surface area contributed by atoms with Gasteiger partial charge in [0.25, 0.3) is 5.91 Å². The third-order valence-corrected chi connectivity index (χ3v) is 5.95. The Morgan fingerprint density at radius 2 is 1.51 bits per heavy atom. The standard InChI is InChI=1S/C28H29N3O4/c1-34-25-14-9-22(20-26(25)35-2)28(33)29-23-10-12-24(13-11-23)30-16-18-31(19-17-30)27(32)15-8-21-6-4-3-5-7-21/h3-15,20H,16-19H2,1-2H3,(H,29,33)/b15-8-. The molecule has 0 aliphatic carbocycles. The van der Waals surface area contributed by atoms with Gasteiger partial charge < -0.3 is 24.6 Å². The Labute approximate surface area is 205 Å². The van der Waals surface area contributed by atoms with Crippen LogP contribution in [0.4, 0.5) is 11.4 Å². The topological polar surface area (TPSA) is 71.1 Å². The monoisotopic (exact) mass is 471 g/mol. The maximum absolute atomic E-state index is 12.7. The first-order valence-electron chi connectivity index (χ1n) is 11.5. The second-order valence-electron chi connectivity index (χ2n) is 8.13. The summed E-state index contributed by atoms with van der Waals surface area (Å²) in [6.45, 7) is 2.83. The Hall–Kier alpha value is -4.26. The Balaban J connectivity index is 1.30. The number of methoxy groups -OCH3 is 2. The molecular weight excluding hydrogens is 442 g/mol. The van der Waals surface area contributed by atoms with Gasteiger partial charge in [-0.1, -0.05) is 30.3 Å². The van der Waals surface area contributed by atoms with E-state index in [1.54, 1.807) is 31.4 Å². The molecule has 1 aliphatic heterocycles. The average molecular weight is 472 g/mol. The molecule has 4 rings (SSSR count). The number of anilines is 2. The lowest BCUT2D eigenvalue weighted by Gasteiger charge is -2.35. The smallest absolute Gasteiger partial charge is 0.255 e. The number of amides is 2. The van der Waals surface area contributed by atoms with E-state index in [4.69, 9.17) is 9.47 Å². The van der Waals surface area contributed by atoms with Gasteiger partial charge in [-0.25, -0.2) is 0 Å². The molecule has 0 atom stereocenters. The molecule has 1 aliphatic rings. The van der Waals surface area contributed by atoms with Crippen molar-refractivity contribution in [3.63, 3.8) is 0 Å². The highest BCUT2D eigenvalue weighted by molar-refractivity contribution is 6.04. The molecule has 0 unspecified atom stereocenters. The fraction of sp³-hybridized carbons (Fsp3) is 0.214. The van der Waals surface area contributed by atoms with Crippen molar-refractivity contribution in [1.29, 1.82) is 0 Å². The summed E-state index contributed by atoms with van der Waals surface area (Å²) in [4.78, 5) is 29.3. The second-order valence-corrected chi connectivity index (χ2v) is 8.13. The van der Waals surface area contributed by atoms with Crippen molar-refractivity contribution in [3.05, 3.63) is 90.0 Å². The highest BCUT2D eigenvalue weighted by Crippen LogP contribution is 2.28. The highest BCUT2D eigenvalue weighted by atomic mass is 16.5. The van der Waals surface area contributed by atoms with E-state index in [1.807, 2.05) is 65.6 Å². The quantitative estimate of drug-likeness (QED) is 0.520. The van der Waals surface area contributed by atoms with Crippen LogP contribution < -0.4 is 19.7 Å². The summed E-state index contributed by atoms with van der Waals surface area (Å²) < 4.78 is 10.5. The van der Waals surface area contributed by atoms with Crippen LogP contribution in [0.3, 0.4) is 0 Å². The summed E-state index contributed by atoms with van der Waals surface area (Å²) in [5.74, 6) is 0.877. The van der Waals surface area contributed by atoms with Gasteiger partial charge in [0.2, 0.25) is 5.91 Å². The number of nitrogens with zero attached hydrogens (tertiary/aromatic N) is 2. The number of ether oxygens (including phenoxy) is 2. The van der Waals surface area contributed by atoms with Crippen molar-refractivity contribution in [2.24, 2.45) is 0 Å². The normalized spacial score (nSPS) is 13.5. The maximum atomic E-state index is 12.7. The van der Waals surface area contributed by atoms with E-state index in [9.17, 15) is 9.59 Å². The average Bonchev–Trinajstić information content (AvgIpc) is 2.92. The minimum Gasteiger partial charge on any atom is -0.493 e. The summed E-state index contributed by atoms with van der Waals surface area (Å²) in [5.41, 5.74) is 3.25. The van der Waals surface area contributed by atoms with Gasteiger partial charge in [0, 0.05) is 49.2 Å². The van der Waals surface area contributed by atoms with Gasteiger partial charge in [-0.05, 0) is 54.1 Å². The number of piperazine rings is 1. The lowest BCUT2D eigenvalue weighted by molar-refractivity contribution is -0.126. The Morgan fingerprint density at radius 1 is 0.829 bits per heavy atom. The minimum atomic E-state index is -0.227. The third kappa shape index (κ3) is 6.00. The Bertz CT molecular complexity index is 1180. The largest absolute Gasteiger partial charge is 0.493 e. The molecule has 0 saturated carbocycles. The van der Waals surface area contributed by atoms with Crippen molar-refractivity contribution < 1.29 is 19.1 Å². The number of benzene rings is 3. The molecule has 1 N–H and O–H groups in total. The Kier molecular flexibility index (Phi) is 7.67. The number of rotatable bonds is 7. The van der Waals surface area contributed by atoms with Crippen molar-refractivity contribution in [2.45, 2.75) is 0 Å². The lowest BCUT2D eigenvalue weighted by atomic mass is 10.1. The van der Waals surface area contributed by atoms with Crippen molar-refractivity contribution in [2.75, 3.05) is 50.6 Å². The first-order chi connectivity index (χ1) is 17.1. The highest BCUT2D eigenvalue weighted by Gasteiger charge is 2.20. The van der Waals surface area contributed by atoms with E-state index >= 15 is 0 Å². The molecule has 0 bridgehead atoms. The maximum Gasteiger partial charge on any atom is 0.255 e. The molecule has 1 saturated heterocycles. The van der Waals surface area contributed by atoms with Crippen molar-refractivity contribution in [1.82, 2.24) is 4.90 Å². The first kappa shape index (κ1) is 23.9. The predicted molar refractivity (Wildman–Crippen MR) is 138 cm³/mol. The lowest BCUT2D eigenvalue weighted by Crippen LogP contribution is -2.48. The SMILES string of the molecule is COc1ccc(C(=O)Nc2ccc(N3CCN(C(=O)/C=C\c4ccccc4)CC3)cc2)cc1OC. The van der Waals surface area contributed by atoms with Gasteiger partial charge in [-0.3, -0.25) is 9.59 Å². The molecule has 7 nitrogen and oxygen atoms in total. The zero-order valence-electron chi connectivity index (χ0n) is 19.9. The van der Waals surface area contributed by atoms with Crippen molar-refractivity contribution >= 4 is 29.3 Å². The van der Waals surface area contributed by atoms with E-state index in [0.717, 1.165) is 24.3 Å². The molecule has 3 aromatic carbocycles. The summed E-state index contributed by atoms with van der Waals surface area (Å²) in [6, 6.07) is 22.6. The molecule has 0 spiro atoms. The van der Waals surface area contributed by atoms with Crippen molar-refractivity contribution in [3.8, 4) is 11.5 Å². The molecule has 1 heterocycles. The van der Waals surface area contributed by atoms with Crippen LogP contribution in [0.15, 0.2) is 78.9 Å². The molecule has 35 heavy (non-hydrogen) atoms. The summed E-state index contributed by atoms with van der Waals surface area (Å²) in [5, 5.41) is 2.91. The summed E-state index contributed by atoms with van der Waals surface area (Å²) in [6.07, 6.45) is 3.49. The molecule has 0 aromatic heterocycles. The van der Waals surface area contributed by atoms with Crippen LogP contribution in [0, 0.1) is 0 Å². The molecule has 3 aromatic rings. The van der Waals surface area contributed by atoms with Crippen LogP contribution in [0.5, 0.6) is 11.5 Å². The van der Waals surface area contributed by atoms with Gasteiger partial charge in [0.15, 0.2) is 11.5 Å². The summed E-state index contributed by atoms with van der Waals surface area (Å²) >= 11 is 0. The van der Waals surface area contributed by atoms with E-state index in [0.29, 0.717) is 35.8 Å². The van der Waals surface area contributed by atoms with Gasteiger partial charge >= 0.3 is 0 Å². The number of carbonyl (C=O) groups excluding carboxylic acids is 2. The third-order valence-electron chi connectivity index (χ3n) is 5.95. The minimum absolute atomic E-state index is 0.0294. The zero-order chi connectivity index (χ0) is 24.6. The van der Waals surface area contributed by atoms with E-state index in [2.05, 4.69) is 10.2 Å². The molecule has 7 heteroatoms. The van der Waals surface area contributed by atoms with Crippen LogP contribution in [-0.2, 0) is 4.79 Å². The fourth-order valence-electron chi connectivity index (χ4n) is 3.96. The predicted octanol–water partition coefficient (Wildman–Crippen LogP) is 4.32. The molecule has 0 radical (unpaired) electrons. The van der Waals surface area contributed by atoms with Gasteiger partial charge in [0.05, 0.1) is 14.2 Å². The number of carbonyl (C=O) groups is 2. The van der Waals surface area contributed by atoms with E-state index < -0.39 is 0 Å². The van der Waals surface area contributed by atoms with Crippen LogP contribution in [0.25, 0.3) is 6.08 Å². The van der Waals surface area contributed by atoms with E-state index in [-0.39, 0.29) is 11.8 Å². The second kappa shape index (κ2) is 11.2. The van der Waals surface area contributed by atoms with Crippen LogP contribution >= 0.6 is 0 Å². The molecule has 180 valence electrons. The molecular formula is C28H29N3O4. The van der Waals surface area contributed by atoms with Gasteiger partial charge in [-0.2, -0.15) is 0 Å². The van der Waals surface area contributed by atoms with Gasteiger partial charge in [-0.15, -0.1) is 0 Å². The Morgan fingerprint density at radius 3 is 2.17 bits per heavy atom. The summed E-state index contributed by atoms with van der Waals surface area (Å²) in [7, 11) is 3.09. The number of nitrogens with one attached hydrogen (secondary N) is 1. The molecule has 2 amide bonds. The molecule has 1 fully saturated rings. The first-order valence-corrected chi connectivity index (χ1v) is 11.5. The number of hydrogen-bond donors (Lipinski definition) is 1. The van der Waals surface area contributed by atoms with Gasteiger partial charge in [0.1, 0.15) is 0 Å².